The van der Waals surface area contributed by atoms with Crippen molar-refractivity contribution in [3.63, 3.8) is 0 Å². The van der Waals surface area contributed by atoms with Gasteiger partial charge in [0.25, 0.3) is 0 Å². The Balaban J connectivity index is 2.63. The smallest absolute Gasteiger partial charge is 0.408 e. The maximum absolute atomic E-state index is 11.4. The van der Waals surface area contributed by atoms with Gasteiger partial charge in [-0.1, -0.05) is 0 Å². The minimum Gasteiger partial charge on any atom is -0.479 e. The molecule has 0 fully saturated rings. The highest BCUT2D eigenvalue weighted by molar-refractivity contribution is 7.10. The number of carboxylic acids is 1. The van der Waals surface area contributed by atoms with E-state index in [1.807, 2.05) is 0 Å². The van der Waals surface area contributed by atoms with E-state index in [0.29, 0.717) is 10.4 Å². The molecule has 3 N–H and O–H groups in total. The Morgan fingerprint density at radius 2 is 2.18 bits per heavy atom. The molecule has 6 nitrogen and oxygen atoms in total. The Hall–Kier alpha value is -1.60. The number of fused-ring (bicyclic) bond motifs is 1. The Morgan fingerprint density at radius 1 is 1.53 bits per heavy atom. The number of amides is 1. The summed E-state index contributed by atoms with van der Waals surface area (Å²) in [5.41, 5.74) is -1.13. The number of β-amino-alcohol motifs (C(OH)–C–C–N with tert-alkyl or cyclic N) is 1. The standard InChI is InChI=1S/C10H11NO5S/c1-10(8(13)14)7-5(2-3-17-7)6(12)4-11(10)9(15)16/h2-3,6,12H,4H2,1H3,(H,13,14)(H,15,16). The highest BCUT2D eigenvalue weighted by atomic mass is 32.1. The first kappa shape index (κ1) is 11.9. The lowest BCUT2D eigenvalue weighted by Gasteiger charge is -2.41. The van der Waals surface area contributed by atoms with Gasteiger partial charge in [0, 0.05) is 4.88 Å². The molecule has 1 aromatic heterocycles. The molecule has 17 heavy (non-hydrogen) atoms. The lowest BCUT2D eigenvalue weighted by atomic mass is 9.88. The third-order valence-electron chi connectivity index (χ3n) is 3.04. The second kappa shape index (κ2) is 3.71. The van der Waals surface area contributed by atoms with Gasteiger partial charge >= 0.3 is 12.1 Å². The summed E-state index contributed by atoms with van der Waals surface area (Å²) in [6, 6.07) is 1.63. The zero-order valence-corrected chi connectivity index (χ0v) is 9.77. The van der Waals surface area contributed by atoms with Crippen LogP contribution >= 0.6 is 11.3 Å². The fourth-order valence-corrected chi connectivity index (χ4v) is 3.15. The largest absolute Gasteiger partial charge is 0.479 e. The van der Waals surface area contributed by atoms with Gasteiger partial charge in [-0.3, -0.25) is 4.90 Å². The fourth-order valence-electron chi connectivity index (χ4n) is 2.04. The lowest BCUT2D eigenvalue weighted by molar-refractivity contribution is -0.151. The van der Waals surface area contributed by atoms with E-state index in [-0.39, 0.29) is 6.54 Å². The van der Waals surface area contributed by atoms with Gasteiger partial charge < -0.3 is 15.3 Å². The van der Waals surface area contributed by atoms with Crippen LogP contribution in [-0.4, -0.2) is 38.8 Å². The van der Waals surface area contributed by atoms with E-state index >= 15 is 0 Å². The van der Waals surface area contributed by atoms with Gasteiger partial charge in [0.1, 0.15) is 0 Å². The topological polar surface area (TPSA) is 98.1 Å². The first-order valence-electron chi connectivity index (χ1n) is 4.89. The van der Waals surface area contributed by atoms with E-state index in [9.17, 15) is 19.8 Å². The van der Waals surface area contributed by atoms with Gasteiger partial charge in [0.2, 0.25) is 0 Å². The molecule has 0 saturated heterocycles. The van der Waals surface area contributed by atoms with Crippen molar-refractivity contribution in [1.82, 2.24) is 4.90 Å². The van der Waals surface area contributed by atoms with Crippen molar-refractivity contribution in [3.05, 3.63) is 21.9 Å². The molecule has 2 unspecified atom stereocenters. The summed E-state index contributed by atoms with van der Waals surface area (Å²) in [4.78, 5) is 23.6. The van der Waals surface area contributed by atoms with Gasteiger partial charge in [-0.05, 0) is 23.9 Å². The molecule has 2 rings (SSSR count). The summed E-state index contributed by atoms with van der Waals surface area (Å²) in [6.45, 7) is 1.10. The Morgan fingerprint density at radius 3 is 2.71 bits per heavy atom. The van der Waals surface area contributed by atoms with Crippen molar-refractivity contribution in [2.24, 2.45) is 0 Å². The van der Waals surface area contributed by atoms with Crippen LogP contribution in [-0.2, 0) is 10.3 Å². The van der Waals surface area contributed by atoms with Crippen LogP contribution in [0.4, 0.5) is 4.79 Å². The highest BCUT2D eigenvalue weighted by Gasteiger charge is 2.51. The minimum atomic E-state index is -1.63. The number of hydrogen-bond donors (Lipinski definition) is 3. The van der Waals surface area contributed by atoms with E-state index in [0.717, 1.165) is 16.2 Å². The molecule has 1 aliphatic heterocycles. The molecule has 1 aromatic rings. The third-order valence-corrected chi connectivity index (χ3v) is 4.18. The molecule has 2 atom stereocenters. The van der Waals surface area contributed by atoms with Crippen molar-refractivity contribution in [2.45, 2.75) is 18.6 Å². The van der Waals surface area contributed by atoms with Gasteiger partial charge in [-0.25, -0.2) is 9.59 Å². The number of nitrogens with zero attached hydrogens (tertiary/aromatic N) is 1. The molecule has 7 heteroatoms. The summed E-state index contributed by atoms with van der Waals surface area (Å²) >= 11 is 1.14. The number of aliphatic carboxylic acids is 1. The van der Waals surface area contributed by atoms with Crippen LogP contribution in [0.15, 0.2) is 11.4 Å². The molecule has 0 aromatic carbocycles. The van der Waals surface area contributed by atoms with E-state index in [4.69, 9.17) is 5.11 Å². The first-order chi connectivity index (χ1) is 7.89. The van der Waals surface area contributed by atoms with Crippen LogP contribution in [0, 0.1) is 0 Å². The van der Waals surface area contributed by atoms with Gasteiger partial charge in [0.15, 0.2) is 5.54 Å². The average Bonchev–Trinajstić information content (AvgIpc) is 2.72. The summed E-state index contributed by atoms with van der Waals surface area (Å²) in [7, 11) is 0. The summed E-state index contributed by atoms with van der Waals surface area (Å²) in [5.74, 6) is -1.24. The number of rotatable bonds is 1. The maximum atomic E-state index is 11.4. The number of hydrogen-bond acceptors (Lipinski definition) is 4. The van der Waals surface area contributed by atoms with Gasteiger partial charge in [-0.15, -0.1) is 11.3 Å². The molecule has 0 bridgehead atoms. The number of aliphatic hydroxyl groups is 1. The molecule has 92 valence electrons. The van der Waals surface area contributed by atoms with Crippen molar-refractivity contribution in [2.75, 3.05) is 6.54 Å². The predicted molar refractivity (Wildman–Crippen MR) is 59.0 cm³/mol. The first-order valence-corrected chi connectivity index (χ1v) is 5.77. The van der Waals surface area contributed by atoms with E-state index < -0.39 is 23.7 Å². The van der Waals surface area contributed by atoms with Crippen molar-refractivity contribution in [3.8, 4) is 0 Å². The quantitative estimate of drug-likeness (QED) is 0.699. The van der Waals surface area contributed by atoms with E-state index in [1.54, 1.807) is 11.4 Å². The summed E-state index contributed by atoms with van der Waals surface area (Å²) in [5, 5.41) is 29.8. The van der Waals surface area contributed by atoms with Gasteiger partial charge in [0.05, 0.1) is 12.6 Å². The van der Waals surface area contributed by atoms with E-state index in [1.165, 1.54) is 6.92 Å². The third kappa shape index (κ3) is 1.50. The fraction of sp³-hybridized carbons (Fsp3) is 0.400. The predicted octanol–water partition coefficient (Wildman–Crippen LogP) is 1.07. The molecule has 1 amide bonds. The lowest BCUT2D eigenvalue weighted by Crippen LogP contribution is -2.56. The molecule has 2 heterocycles. The molecular weight excluding hydrogens is 246 g/mol. The summed E-state index contributed by atoms with van der Waals surface area (Å²) < 4.78 is 0. The Bertz CT molecular complexity index is 485. The highest BCUT2D eigenvalue weighted by Crippen LogP contribution is 2.42. The average molecular weight is 257 g/mol. The Kier molecular flexibility index (Phi) is 2.59. The second-order valence-electron chi connectivity index (χ2n) is 3.99. The number of thiophene rings is 1. The second-order valence-corrected chi connectivity index (χ2v) is 4.91. The summed E-state index contributed by atoms with van der Waals surface area (Å²) in [6.07, 6.45) is -2.33. The number of carboxylic acid groups (broad SMARTS) is 2. The molecule has 1 aliphatic rings. The number of carbonyl (C=O) groups is 2. The van der Waals surface area contributed by atoms with E-state index in [2.05, 4.69) is 0 Å². The normalized spacial score (nSPS) is 27.6. The van der Waals surface area contributed by atoms with Crippen LogP contribution < -0.4 is 0 Å². The van der Waals surface area contributed by atoms with Crippen molar-refractivity contribution in [1.29, 1.82) is 0 Å². The minimum absolute atomic E-state index is 0.234. The van der Waals surface area contributed by atoms with Crippen LogP contribution in [0.1, 0.15) is 23.5 Å². The molecule has 0 aliphatic carbocycles. The zero-order valence-electron chi connectivity index (χ0n) is 8.95. The zero-order chi connectivity index (χ0) is 12.8. The van der Waals surface area contributed by atoms with Crippen molar-refractivity contribution >= 4 is 23.4 Å². The molecule has 0 radical (unpaired) electrons. The van der Waals surface area contributed by atoms with Crippen LogP contribution in [0.2, 0.25) is 0 Å². The van der Waals surface area contributed by atoms with Crippen LogP contribution in [0.3, 0.4) is 0 Å². The maximum Gasteiger partial charge on any atom is 0.408 e. The number of aliphatic hydroxyl groups excluding tert-OH is 1. The monoisotopic (exact) mass is 257 g/mol. The van der Waals surface area contributed by atoms with Gasteiger partial charge in [-0.2, -0.15) is 0 Å². The molecular formula is C10H11NO5S. The van der Waals surface area contributed by atoms with Crippen LogP contribution in [0.25, 0.3) is 0 Å². The molecule has 0 saturated carbocycles. The van der Waals surface area contributed by atoms with Crippen molar-refractivity contribution < 1.29 is 24.9 Å². The SMILES string of the molecule is CC1(C(=O)O)c2sccc2C(O)CN1C(=O)O. The van der Waals surface area contributed by atoms with Crippen LogP contribution in [0.5, 0.6) is 0 Å². The Labute approximate surface area is 101 Å². The molecule has 0 spiro atoms.